The zero-order valence-electron chi connectivity index (χ0n) is 42.4. The molecule has 4 aliphatic carbocycles. The highest BCUT2D eigenvalue weighted by Crippen LogP contribution is 2.31. The van der Waals surface area contributed by atoms with Crippen molar-refractivity contribution in [3.63, 3.8) is 0 Å². The first-order valence-electron chi connectivity index (χ1n) is 25.1. The third kappa shape index (κ3) is 15.8. The monoisotopic (exact) mass is 1090 g/mol. The Balaban J connectivity index is 0.000000201. The van der Waals surface area contributed by atoms with Crippen molar-refractivity contribution < 1.29 is 51.9 Å². The molecular formula is C56H58Cl2F2N8O9. The molecule has 21 heteroatoms. The van der Waals surface area contributed by atoms with E-state index in [-0.39, 0.29) is 120 Å². The number of carbonyl (C=O) groups excluding carboxylic acids is 9. The second-order valence-electron chi connectivity index (χ2n) is 19.4. The van der Waals surface area contributed by atoms with Crippen LogP contribution in [0.4, 0.5) is 8.78 Å². The van der Waals surface area contributed by atoms with Crippen LogP contribution in [0.5, 0.6) is 0 Å². The number of para-hydroxylation sites is 1. The van der Waals surface area contributed by atoms with Crippen molar-refractivity contribution in [3.05, 3.63) is 141 Å². The van der Waals surface area contributed by atoms with Crippen molar-refractivity contribution in [3.8, 4) is 0 Å². The van der Waals surface area contributed by atoms with Crippen LogP contribution in [-0.2, 0) is 54.9 Å². The summed E-state index contributed by atoms with van der Waals surface area (Å²) in [6, 6.07) is 22.5. The highest BCUT2D eigenvalue weighted by atomic mass is 35.5. The number of fused-ring (bicyclic) bond motifs is 2. The van der Waals surface area contributed by atoms with Crippen molar-refractivity contribution in [2.24, 2.45) is 5.73 Å². The van der Waals surface area contributed by atoms with Crippen LogP contribution in [-0.4, -0.2) is 103 Å². The number of ketones is 2. The summed E-state index contributed by atoms with van der Waals surface area (Å²) in [5.41, 5.74) is 8.66. The highest BCUT2D eigenvalue weighted by Gasteiger charge is 2.36. The molecule has 10 rings (SSSR count). The molecule has 2 heterocycles. The molecule has 0 saturated heterocycles. The first-order chi connectivity index (χ1) is 36.9. The smallest absolute Gasteiger partial charge is 0.350 e. The molecule has 5 amide bonds. The Morgan fingerprint density at radius 3 is 1.49 bits per heavy atom. The molecular weight excluding hydrogens is 1040 g/mol. The summed E-state index contributed by atoms with van der Waals surface area (Å²) < 4.78 is 31.6. The Bertz CT molecular complexity index is 3250. The minimum Gasteiger partial charge on any atom is -0.350 e. The lowest BCUT2D eigenvalue weighted by Gasteiger charge is -2.22. The molecule has 0 bridgehead atoms. The summed E-state index contributed by atoms with van der Waals surface area (Å²) in [5, 5.41) is 9.65. The van der Waals surface area contributed by atoms with Gasteiger partial charge in [-0.3, -0.25) is 33.6 Å². The van der Waals surface area contributed by atoms with E-state index in [1.165, 1.54) is 49.8 Å². The van der Waals surface area contributed by atoms with E-state index in [9.17, 15) is 42.3 Å². The van der Waals surface area contributed by atoms with Gasteiger partial charge in [0.1, 0.15) is 24.7 Å². The summed E-state index contributed by atoms with van der Waals surface area (Å²) >= 11 is 11.6. The lowest BCUT2D eigenvalue weighted by molar-refractivity contribution is -0.191. The normalized spacial score (nSPS) is 14.3. The third-order valence-electron chi connectivity index (χ3n) is 13.1. The van der Waals surface area contributed by atoms with Crippen LogP contribution in [0.15, 0.2) is 91.3 Å². The van der Waals surface area contributed by atoms with Gasteiger partial charge in [-0.2, -0.15) is 9.59 Å². The number of benzene rings is 4. The second kappa shape index (κ2) is 26.0. The van der Waals surface area contributed by atoms with E-state index in [0.717, 1.165) is 49.4 Å². The number of aromatic nitrogens is 2. The zero-order valence-corrected chi connectivity index (χ0v) is 43.9. The minimum absolute atomic E-state index is 0.00425. The Hall–Kier alpha value is -7.57. The predicted molar refractivity (Wildman–Crippen MR) is 283 cm³/mol. The molecule has 6 aromatic rings. The van der Waals surface area contributed by atoms with E-state index < -0.39 is 17.5 Å². The maximum Gasteiger partial charge on any atom is 0.373 e. The molecule has 0 spiro atoms. The van der Waals surface area contributed by atoms with Crippen LogP contribution in [0.3, 0.4) is 0 Å². The summed E-state index contributed by atoms with van der Waals surface area (Å²) in [6.45, 7) is 2.59. The molecule has 4 aromatic carbocycles. The molecule has 0 unspecified atom stereocenters. The van der Waals surface area contributed by atoms with Crippen molar-refractivity contribution >= 4 is 92.3 Å². The average Bonchev–Trinajstić information content (AvgIpc) is 4.16. The Labute approximate surface area is 452 Å². The molecule has 404 valence electrons. The molecule has 77 heavy (non-hydrogen) atoms. The zero-order chi connectivity index (χ0) is 55.5. The maximum atomic E-state index is 14.1. The first-order valence-corrected chi connectivity index (χ1v) is 25.9. The standard InChI is InChI=1S/C28H28ClFN4O4.C24H23ClFN3O3.C3H7N.CO2/c1-16(35)22-13-33(24-10-5-17(11-21(22)24)28(38)32-19-6-7-19)15-26(37)34(20-8-9-20)14-25(36)31-12-18-3-2-4-23(29)27(18)30;1-15(30)19-12-28(21-8-3-2-6-18(19)21)14-23(32)29(17-9-10-17)13-22(31)27-11-16-5-4-7-20(25)24(16)26;4-3-1-2-3;2-1-3/h2-5,10-11,13,19-20H,6-9,12,14-15H2,1H3,(H,31,36)(H,32,38);2-8,12,17H,9-11,13-14H2,1H3,(H,27,31);3H,1-2,4H2;. The molecule has 17 nitrogen and oxygen atoms in total. The van der Waals surface area contributed by atoms with Gasteiger partial charge in [-0.1, -0.05) is 65.7 Å². The van der Waals surface area contributed by atoms with Gasteiger partial charge >= 0.3 is 6.15 Å². The third-order valence-corrected chi connectivity index (χ3v) is 13.7. The predicted octanol–water partition coefficient (Wildman–Crippen LogP) is 7.30. The summed E-state index contributed by atoms with van der Waals surface area (Å²) in [7, 11) is 0. The van der Waals surface area contributed by atoms with Gasteiger partial charge in [0.05, 0.1) is 23.1 Å². The van der Waals surface area contributed by atoms with Gasteiger partial charge in [-0.05, 0) is 102 Å². The fourth-order valence-corrected chi connectivity index (χ4v) is 8.75. The maximum absolute atomic E-state index is 14.1. The molecule has 4 aliphatic rings. The number of Topliss-reactive ketones (excluding diaryl/α,β-unsaturated/α-hetero) is 2. The number of hydrogen-bond donors (Lipinski definition) is 4. The lowest BCUT2D eigenvalue weighted by Crippen LogP contribution is -2.43. The molecule has 0 atom stereocenters. The van der Waals surface area contributed by atoms with Gasteiger partial charge in [0.15, 0.2) is 11.6 Å². The van der Waals surface area contributed by atoms with E-state index in [2.05, 4.69) is 16.0 Å². The summed E-state index contributed by atoms with van der Waals surface area (Å²) in [5.74, 6) is -2.82. The minimum atomic E-state index is -0.585. The van der Waals surface area contributed by atoms with E-state index in [1.54, 1.807) is 62.8 Å². The fraction of sp³-hybridized carbons (Fsp3) is 0.357. The number of carbonyl (C=O) groups is 7. The van der Waals surface area contributed by atoms with Gasteiger partial charge in [0, 0.05) is 99.3 Å². The van der Waals surface area contributed by atoms with Crippen molar-refractivity contribution in [1.82, 2.24) is 34.9 Å². The van der Waals surface area contributed by atoms with Crippen LogP contribution in [0.2, 0.25) is 10.0 Å². The van der Waals surface area contributed by atoms with Crippen LogP contribution in [0, 0.1) is 11.6 Å². The largest absolute Gasteiger partial charge is 0.373 e. The van der Waals surface area contributed by atoms with Gasteiger partial charge in [0.25, 0.3) is 5.91 Å². The first kappa shape index (κ1) is 57.1. The molecule has 4 fully saturated rings. The van der Waals surface area contributed by atoms with E-state index in [4.69, 9.17) is 38.5 Å². The molecule has 0 radical (unpaired) electrons. The number of halogens is 4. The van der Waals surface area contributed by atoms with Crippen LogP contribution >= 0.6 is 23.2 Å². The van der Waals surface area contributed by atoms with Crippen LogP contribution in [0.1, 0.15) is 107 Å². The van der Waals surface area contributed by atoms with Gasteiger partial charge in [-0.15, -0.1) is 0 Å². The highest BCUT2D eigenvalue weighted by molar-refractivity contribution is 6.31. The number of nitrogens with zero attached hydrogens (tertiary/aromatic N) is 4. The fourth-order valence-electron chi connectivity index (χ4n) is 8.37. The number of hydrogen-bond acceptors (Lipinski definition) is 10. The summed E-state index contributed by atoms with van der Waals surface area (Å²) in [4.78, 5) is 108. The molecule has 0 aliphatic heterocycles. The summed E-state index contributed by atoms with van der Waals surface area (Å²) in [6.07, 6.45) is 11.3. The average molecular weight is 1100 g/mol. The number of amides is 5. The van der Waals surface area contributed by atoms with Gasteiger partial charge in [-0.25, -0.2) is 8.78 Å². The molecule has 4 saturated carbocycles. The molecule has 5 N–H and O–H groups in total. The van der Waals surface area contributed by atoms with Crippen molar-refractivity contribution in [2.75, 3.05) is 13.1 Å². The van der Waals surface area contributed by atoms with E-state index >= 15 is 0 Å². The van der Waals surface area contributed by atoms with E-state index in [0.29, 0.717) is 33.6 Å². The van der Waals surface area contributed by atoms with Gasteiger partial charge < -0.3 is 40.6 Å². The Kier molecular flexibility index (Phi) is 19.3. The molecule has 2 aromatic heterocycles. The second-order valence-corrected chi connectivity index (χ2v) is 20.2. The van der Waals surface area contributed by atoms with Crippen LogP contribution in [0.25, 0.3) is 21.8 Å². The topological polar surface area (TPSA) is 232 Å². The SMILES string of the molecule is CC(=O)c1cn(CC(=O)N(CC(=O)NCc2cccc(Cl)c2F)C2CC2)c2ccc(C(=O)NC3CC3)cc12.CC(=O)c1cn(CC(=O)N(CC(=O)NCc2cccc(Cl)c2F)C2CC2)c2ccccc12.NC1CC1.O=C=O. The lowest BCUT2D eigenvalue weighted by atomic mass is 10.1. The van der Waals surface area contributed by atoms with Crippen molar-refractivity contribution in [1.29, 1.82) is 0 Å². The number of nitrogens with two attached hydrogens (primary N) is 1. The Morgan fingerprint density at radius 2 is 1.06 bits per heavy atom. The van der Waals surface area contributed by atoms with Crippen molar-refractivity contribution in [2.45, 2.75) is 116 Å². The number of nitrogens with one attached hydrogen (secondary N) is 3. The Morgan fingerprint density at radius 1 is 0.623 bits per heavy atom. The van der Waals surface area contributed by atoms with Crippen LogP contribution < -0.4 is 21.7 Å². The van der Waals surface area contributed by atoms with Gasteiger partial charge in [0.2, 0.25) is 23.6 Å². The number of rotatable bonds is 18. The van der Waals surface area contributed by atoms with E-state index in [1.807, 2.05) is 24.3 Å². The quantitative estimate of drug-likeness (QED) is 0.0627.